The fourth-order valence-corrected chi connectivity index (χ4v) is 1.34. The van der Waals surface area contributed by atoms with Crippen LogP contribution in [0.25, 0.3) is 0 Å². The maximum absolute atomic E-state index is 12.8. The molecule has 0 N–H and O–H groups in total. The predicted octanol–water partition coefficient (Wildman–Crippen LogP) is 2.48. The van der Waals surface area contributed by atoms with Gasteiger partial charge in [0.1, 0.15) is 5.82 Å². The molecule has 0 aliphatic rings. The molecular formula is C12H15FN2. The van der Waals surface area contributed by atoms with Gasteiger partial charge in [-0.2, -0.15) is 5.26 Å². The molecule has 0 heterocycles. The van der Waals surface area contributed by atoms with Gasteiger partial charge in [0, 0.05) is 6.54 Å². The Bertz CT molecular complexity index is 382. The minimum atomic E-state index is -0.216. The Morgan fingerprint density at radius 3 is 2.73 bits per heavy atom. The van der Waals surface area contributed by atoms with E-state index in [4.69, 9.17) is 5.26 Å². The van der Waals surface area contributed by atoms with Crippen LogP contribution in [0.4, 0.5) is 4.39 Å². The van der Waals surface area contributed by atoms with Crippen molar-refractivity contribution in [1.82, 2.24) is 4.90 Å². The van der Waals surface area contributed by atoms with E-state index in [1.165, 1.54) is 12.1 Å². The normalized spacial score (nSPS) is 12.5. The average Bonchev–Trinajstić information content (AvgIpc) is 2.20. The Labute approximate surface area is 89.9 Å². The summed E-state index contributed by atoms with van der Waals surface area (Å²) in [4.78, 5) is 1.93. The van der Waals surface area contributed by atoms with E-state index >= 15 is 0 Å². The minimum absolute atomic E-state index is 0.130. The molecule has 1 atom stereocenters. The van der Waals surface area contributed by atoms with Gasteiger partial charge in [-0.25, -0.2) is 4.39 Å². The van der Waals surface area contributed by atoms with E-state index < -0.39 is 0 Å². The Kier molecular flexibility index (Phi) is 3.81. The highest BCUT2D eigenvalue weighted by Gasteiger charge is 2.09. The van der Waals surface area contributed by atoms with Crippen molar-refractivity contribution in [2.45, 2.75) is 26.4 Å². The van der Waals surface area contributed by atoms with Gasteiger partial charge in [-0.1, -0.05) is 6.07 Å². The van der Waals surface area contributed by atoms with E-state index in [1.54, 1.807) is 6.07 Å². The first-order valence-corrected chi connectivity index (χ1v) is 4.89. The lowest BCUT2D eigenvalue weighted by atomic mass is 10.1. The van der Waals surface area contributed by atoms with Gasteiger partial charge in [0.2, 0.25) is 0 Å². The molecule has 80 valence electrons. The molecule has 0 saturated carbocycles. The van der Waals surface area contributed by atoms with Gasteiger partial charge in [-0.15, -0.1) is 0 Å². The summed E-state index contributed by atoms with van der Waals surface area (Å²) in [7, 11) is 1.89. The first kappa shape index (κ1) is 11.7. The van der Waals surface area contributed by atoms with Crippen molar-refractivity contribution in [2.24, 2.45) is 0 Å². The van der Waals surface area contributed by atoms with E-state index in [2.05, 4.69) is 6.07 Å². The summed E-state index contributed by atoms with van der Waals surface area (Å²) in [5, 5.41) is 8.74. The van der Waals surface area contributed by atoms with E-state index in [0.717, 1.165) is 11.1 Å². The second-order valence-corrected chi connectivity index (χ2v) is 3.79. The zero-order valence-corrected chi connectivity index (χ0v) is 9.29. The minimum Gasteiger partial charge on any atom is -0.287 e. The largest absolute Gasteiger partial charge is 0.287 e. The van der Waals surface area contributed by atoms with Crippen LogP contribution in [0.2, 0.25) is 0 Å². The molecule has 3 heteroatoms. The molecule has 0 saturated heterocycles. The van der Waals surface area contributed by atoms with Crippen molar-refractivity contribution < 1.29 is 4.39 Å². The monoisotopic (exact) mass is 206 g/mol. The van der Waals surface area contributed by atoms with Crippen LogP contribution in [0.15, 0.2) is 18.2 Å². The summed E-state index contributed by atoms with van der Waals surface area (Å²) in [5.74, 6) is -0.216. The second-order valence-electron chi connectivity index (χ2n) is 3.79. The third-order valence-corrected chi connectivity index (χ3v) is 2.57. The number of rotatable bonds is 3. The van der Waals surface area contributed by atoms with Gasteiger partial charge in [0.25, 0.3) is 0 Å². The second kappa shape index (κ2) is 4.90. The first-order chi connectivity index (χ1) is 7.04. The van der Waals surface area contributed by atoms with Crippen LogP contribution in [0.3, 0.4) is 0 Å². The van der Waals surface area contributed by atoms with E-state index in [1.807, 2.05) is 25.8 Å². The number of halogens is 1. The topological polar surface area (TPSA) is 27.0 Å². The SMILES string of the molecule is Cc1cc(F)ccc1CN(C)C(C)C#N. The molecule has 1 aromatic carbocycles. The van der Waals surface area contributed by atoms with Gasteiger partial charge in [0.05, 0.1) is 12.1 Å². The van der Waals surface area contributed by atoms with Crippen LogP contribution in [-0.2, 0) is 6.54 Å². The summed E-state index contributed by atoms with van der Waals surface area (Å²) in [6, 6.07) is 6.77. The van der Waals surface area contributed by atoms with Crippen molar-refractivity contribution in [3.05, 3.63) is 35.1 Å². The maximum Gasteiger partial charge on any atom is 0.123 e. The first-order valence-electron chi connectivity index (χ1n) is 4.89. The highest BCUT2D eigenvalue weighted by molar-refractivity contribution is 5.26. The van der Waals surface area contributed by atoms with Crippen LogP contribution in [0.5, 0.6) is 0 Å². The van der Waals surface area contributed by atoms with Crippen molar-refractivity contribution >= 4 is 0 Å². The standard InChI is InChI=1S/C12H15FN2/c1-9-6-12(13)5-4-11(9)8-15(3)10(2)7-14/h4-6,10H,8H2,1-3H3. The van der Waals surface area contributed by atoms with Crippen molar-refractivity contribution in [2.75, 3.05) is 7.05 Å². The zero-order valence-electron chi connectivity index (χ0n) is 9.29. The highest BCUT2D eigenvalue weighted by atomic mass is 19.1. The molecule has 0 aliphatic heterocycles. The smallest absolute Gasteiger partial charge is 0.123 e. The van der Waals surface area contributed by atoms with Crippen LogP contribution >= 0.6 is 0 Å². The lowest BCUT2D eigenvalue weighted by Gasteiger charge is -2.19. The number of hydrogen-bond acceptors (Lipinski definition) is 2. The van der Waals surface area contributed by atoms with Gasteiger partial charge >= 0.3 is 0 Å². The van der Waals surface area contributed by atoms with E-state index in [0.29, 0.717) is 6.54 Å². The molecular weight excluding hydrogens is 191 g/mol. The Morgan fingerprint density at radius 2 is 2.20 bits per heavy atom. The van der Waals surface area contributed by atoms with E-state index in [-0.39, 0.29) is 11.9 Å². The van der Waals surface area contributed by atoms with Crippen LogP contribution in [0, 0.1) is 24.1 Å². The summed E-state index contributed by atoms with van der Waals surface area (Å²) < 4.78 is 12.8. The summed E-state index contributed by atoms with van der Waals surface area (Å²) >= 11 is 0. The van der Waals surface area contributed by atoms with Crippen molar-refractivity contribution in [1.29, 1.82) is 5.26 Å². The van der Waals surface area contributed by atoms with Crippen LogP contribution in [0.1, 0.15) is 18.1 Å². The van der Waals surface area contributed by atoms with E-state index in [9.17, 15) is 4.39 Å². The lowest BCUT2D eigenvalue weighted by molar-refractivity contribution is 0.294. The maximum atomic E-state index is 12.8. The quantitative estimate of drug-likeness (QED) is 0.759. The van der Waals surface area contributed by atoms with Crippen LogP contribution in [-0.4, -0.2) is 18.0 Å². The molecule has 0 aromatic heterocycles. The fourth-order valence-electron chi connectivity index (χ4n) is 1.34. The predicted molar refractivity (Wildman–Crippen MR) is 57.7 cm³/mol. The summed E-state index contributed by atoms with van der Waals surface area (Å²) in [6.07, 6.45) is 0. The lowest BCUT2D eigenvalue weighted by Crippen LogP contribution is -2.27. The molecule has 0 spiro atoms. The van der Waals surface area contributed by atoms with Gasteiger partial charge < -0.3 is 0 Å². The van der Waals surface area contributed by atoms with Crippen molar-refractivity contribution in [3.8, 4) is 6.07 Å². The van der Waals surface area contributed by atoms with Gasteiger partial charge in [-0.05, 0) is 44.2 Å². The molecule has 1 rings (SSSR count). The molecule has 1 aromatic rings. The molecule has 2 nitrogen and oxygen atoms in total. The van der Waals surface area contributed by atoms with Crippen molar-refractivity contribution in [3.63, 3.8) is 0 Å². The average molecular weight is 206 g/mol. The Hall–Kier alpha value is -1.40. The zero-order chi connectivity index (χ0) is 11.4. The fraction of sp³-hybridized carbons (Fsp3) is 0.417. The molecule has 15 heavy (non-hydrogen) atoms. The number of benzene rings is 1. The third-order valence-electron chi connectivity index (χ3n) is 2.57. The number of nitriles is 1. The summed E-state index contributed by atoms with van der Waals surface area (Å²) in [6.45, 7) is 4.39. The number of nitrogens with zero attached hydrogens (tertiary/aromatic N) is 2. The Morgan fingerprint density at radius 1 is 1.53 bits per heavy atom. The molecule has 0 bridgehead atoms. The third kappa shape index (κ3) is 3.03. The van der Waals surface area contributed by atoms with Gasteiger partial charge in [0.15, 0.2) is 0 Å². The molecule has 0 aliphatic carbocycles. The molecule has 0 amide bonds. The number of hydrogen-bond donors (Lipinski definition) is 0. The molecule has 0 radical (unpaired) electrons. The Balaban J connectivity index is 2.78. The summed E-state index contributed by atoms with van der Waals surface area (Å²) in [5.41, 5.74) is 1.98. The molecule has 1 unspecified atom stereocenters. The number of aryl methyl sites for hydroxylation is 1. The molecule has 0 fully saturated rings. The highest BCUT2D eigenvalue weighted by Crippen LogP contribution is 2.13. The van der Waals surface area contributed by atoms with Gasteiger partial charge in [-0.3, -0.25) is 4.90 Å². The van der Waals surface area contributed by atoms with Crippen LogP contribution < -0.4 is 0 Å².